The lowest BCUT2D eigenvalue weighted by Crippen LogP contribution is -2.06. The first-order valence-corrected chi connectivity index (χ1v) is 8.05. The Morgan fingerprint density at radius 3 is 2.90 bits per heavy atom. The van der Waals surface area contributed by atoms with Crippen LogP contribution in [0.2, 0.25) is 0 Å². The van der Waals surface area contributed by atoms with Crippen LogP contribution in [0.3, 0.4) is 0 Å². The highest BCUT2D eigenvalue weighted by molar-refractivity contribution is 7.85. The molecule has 1 unspecified atom stereocenters. The van der Waals surface area contributed by atoms with Crippen LogP contribution in [0.5, 0.6) is 0 Å². The highest BCUT2D eigenvalue weighted by Gasteiger charge is 2.15. The van der Waals surface area contributed by atoms with Gasteiger partial charge >= 0.3 is 0 Å². The number of H-pyrrole nitrogens is 1. The zero-order chi connectivity index (χ0) is 14.1. The maximum absolute atomic E-state index is 13.9. The van der Waals surface area contributed by atoms with E-state index >= 15 is 0 Å². The van der Waals surface area contributed by atoms with Crippen molar-refractivity contribution in [2.24, 2.45) is 9.50 Å². The van der Waals surface area contributed by atoms with E-state index in [9.17, 15) is 4.39 Å². The Bertz CT molecular complexity index is 676. The summed E-state index contributed by atoms with van der Waals surface area (Å²) in [4.78, 5) is 3.74. The molecule has 3 N–H and O–H groups in total. The smallest absolute Gasteiger partial charge is 0.139 e. The van der Waals surface area contributed by atoms with Gasteiger partial charge in [0.2, 0.25) is 0 Å². The molecule has 1 aliphatic rings. The van der Waals surface area contributed by atoms with Gasteiger partial charge in [0, 0.05) is 22.8 Å². The molecular formula is C15H18FN3S. The number of aryl methyl sites for hydroxylation is 2. The van der Waals surface area contributed by atoms with Crippen LogP contribution in [0.1, 0.15) is 29.7 Å². The topological polar surface area (TPSA) is 54.2 Å². The van der Waals surface area contributed by atoms with E-state index in [0.717, 1.165) is 24.1 Å². The lowest BCUT2D eigenvalue weighted by Gasteiger charge is -2.11. The summed E-state index contributed by atoms with van der Waals surface area (Å²) >= 11 is 0. The number of nitrogens with one attached hydrogen (secondary N) is 1. The standard InChI is InChI=1S/C15H18FN3S/c1-10-6-7-15(12(16)8-10)20(17)19-14-9-18-13-5-3-2-4-11(13)14/h6-9,18H,2-5H2,1H3,(H2,17,19). The lowest BCUT2D eigenvalue weighted by molar-refractivity contribution is 0.600. The average Bonchev–Trinajstić information content (AvgIpc) is 2.82. The van der Waals surface area contributed by atoms with E-state index in [2.05, 4.69) is 9.35 Å². The van der Waals surface area contributed by atoms with Crippen molar-refractivity contribution in [3.8, 4) is 0 Å². The van der Waals surface area contributed by atoms with Gasteiger partial charge in [0.25, 0.3) is 0 Å². The van der Waals surface area contributed by atoms with Crippen LogP contribution >= 0.6 is 0 Å². The van der Waals surface area contributed by atoms with E-state index in [1.807, 2.05) is 19.2 Å². The predicted octanol–water partition coefficient (Wildman–Crippen LogP) is 3.71. The number of halogens is 1. The summed E-state index contributed by atoms with van der Waals surface area (Å²) in [5.41, 5.74) is 4.30. The fourth-order valence-electron chi connectivity index (χ4n) is 2.60. The van der Waals surface area contributed by atoms with Crippen LogP contribution in [0, 0.1) is 12.7 Å². The van der Waals surface area contributed by atoms with Crippen LogP contribution < -0.4 is 5.14 Å². The maximum atomic E-state index is 13.9. The quantitative estimate of drug-likeness (QED) is 0.870. The summed E-state index contributed by atoms with van der Waals surface area (Å²) in [5.74, 6) is -0.274. The molecule has 20 heavy (non-hydrogen) atoms. The molecule has 0 saturated carbocycles. The summed E-state index contributed by atoms with van der Waals surface area (Å²) in [6, 6.07) is 5.11. The predicted molar refractivity (Wildman–Crippen MR) is 80.5 cm³/mol. The van der Waals surface area contributed by atoms with Crippen molar-refractivity contribution >= 4 is 16.6 Å². The number of aromatic nitrogens is 1. The lowest BCUT2D eigenvalue weighted by atomic mass is 9.97. The number of aromatic amines is 1. The van der Waals surface area contributed by atoms with Crippen molar-refractivity contribution in [2.75, 3.05) is 0 Å². The highest BCUT2D eigenvalue weighted by Crippen LogP contribution is 2.30. The van der Waals surface area contributed by atoms with E-state index in [1.54, 1.807) is 6.07 Å². The Kier molecular flexibility index (Phi) is 3.72. The van der Waals surface area contributed by atoms with Gasteiger partial charge in [-0.3, -0.25) is 5.14 Å². The number of fused-ring (bicyclic) bond motifs is 1. The van der Waals surface area contributed by atoms with Crippen LogP contribution in [0.4, 0.5) is 10.1 Å². The third-order valence-corrected chi connectivity index (χ3v) is 4.84. The van der Waals surface area contributed by atoms with Crippen molar-refractivity contribution in [3.63, 3.8) is 0 Å². The number of rotatable bonds is 2. The monoisotopic (exact) mass is 291 g/mol. The fraction of sp³-hybridized carbons (Fsp3) is 0.333. The van der Waals surface area contributed by atoms with Gasteiger partial charge in [0.05, 0.1) is 10.6 Å². The largest absolute Gasteiger partial charge is 0.363 e. The van der Waals surface area contributed by atoms with E-state index in [0.29, 0.717) is 4.90 Å². The van der Waals surface area contributed by atoms with Crippen molar-refractivity contribution < 1.29 is 4.39 Å². The maximum Gasteiger partial charge on any atom is 0.139 e. The molecule has 1 heterocycles. The third kappa shape index (κ3) is 2.55. The molecule has 1 aromatic carbocycles. The minimum Gasteiger partial charge on any atom is -0.363 e. The number of hydrogen-bond acceptors (Lipinski definition) is 1. The molecule has 3 nitrogen and oxygen atoms in total. The molecule has 0 radical (unpaired) electrons. The Morgan fingerprint density at radius 1 is 1.30 bits per heavy atom. The normalized spacial score (nSPS) is 16.1. The SMILES string of the molecule is Cc1ccc(S(N)=Nc2c[nH]c3c2CCCC3)c(F)c1. The number of nitrogens with two attached hydrogens (primary N) is 1. The second-order valence-corrected chi connectivity index (χ2v) is 6.43. The van der Waals surface area contributed by atoms with Gasteiger partial charge < -0.3 is 4.98 Å². The molecule has 106 valence electrons. The molecular weight excluding hydrogens is 273 g/mol. The third-order valence-electron chi connectivity index (χ3n) is 3.67. The number of nitrogens with zero attached hydrogens (tertiary/aromatic N) is 1. The second kappa shape index (κ2) is 5.50. The Labute approximate surface area is 120 Å². The van der Waals surface area contributed by atoms with Crippen molar-refractivity contribution in [1.82, 2.24) is 4.98 Å². The van der Waals surface area contributed by atoms with E-state index in [1.165, 1.54) is 30.2 Å². The molecule has 2 aromatic rings. The van der Waals surface area contributed by atoms with Gasteiger partial charge in [0.1, 0.15) is 5.82 Å². The van der Waals surface area contributed by atoms with Gasteiger partial charge in [-0.15, -0.1) is 0 Å². The van der Waals surface area contributed by atoms with E-state index < -0.39 is 10.9 Å². The zero-order valence-corrected chi connectivity index (χ0v) is 12.3. The molecule has 1 aliphatic carbocycles. The number of hydrogen-bond donors (Lipinski definition) is 2. The van der Waals surface area contributed by atoms with Gasteiger partial charge in [-0.1, -0.05) is 6.07 Å². The van der Waals surface area contributed by atoms with Crippen molar-refractivity contribution in [2.45, 2.75) is 37.5 Å². The van der Waals surface area contributed by atoms with Crippen molar-refractivity contribution in [3.05, 3.63) is 47.0 Å². The molecule has 0 bridgehead atoms. The summed E-state index contributed by atoms with van der Waals surface area (Å²) in [7, 11) is -0.951. The first-order valence-electron chi connectivity index (χ1n) is 6.81. The summed E-state index contributed by atoms with van der Waals surface area (Å²) in [5, 5.41) is 6.08. The van der Waals surface area contributed by atoms with Crippen LogP contribution in [0.15, 0.2) is 33.7 Å². The molecule has 0 aliphatic heterocycles. The Morgan fingerprint density at radius 2 is 2.10 bits per heavy atom. The zero-order valence-electron chi connectivity index (χ0n) is 11.4. The molecule has 0 spiro atoms. The minimum absolute atomic E-state index is 0.274. The average molecular weight is 291 g/mol. The molecule has 0 saturated heterocycles. The molecule has 0 amide bonds. The van der Waals surface area contributed by atoms with Gasteiger partial charge in [-0.05, 0) is 55.9 Å². The molecule has 3 rings (SSSR count). The Balaban J connectivity index is 1.97. The minimum atomic E-state index is -0.951. The van der Waals surface area contributed by atoms with Gasteiger partial charge in [0.15, 0.2) is 0 Å². The highest BCUT2D eigenvalue weighted by atomic mass is 32.2. The first kappa shape index (κ1) is 13.5. The second-order valence-electron chi connectivity index (χ2n) is 5.18. The summed E-state index contributed by atoms with van der Waals surface area (Å²) in [6.45, 7) is 1.86. The van der Waals surface area contributed by atoms with E-state index in [-0.39, 0.29) is 5.82 Å². The molecule has 5 heteroatoms. The fourth-order valence-corrected chi connectivity index (χ4v) is 3.54. The van der Waals surface area contributed by atoms with Crippen molar-refractivity contribution in [1.29, 1.82) is 0 Å². The van der Waals surface area contributed by atoms with Crippen LogP contribution in [0.25, 0.3) is 0 Å². The van der Waals surface area contributed by atoms with Gasteiger partial charge in [-0.25, -0.2) is 8.75 Å². The summed E-state index contributed by atoms with van der Waals surface area (Å²) in [6.07, 6.45) is 6.40. The van der Waals surface area contributed by atoms with Crippen LogP contribution in [-0.2, 0) is 23.7 Å². The molecule has 0 fully saturated rings. The Hall–Kier alpha value is -1.46. The van der Waals surface area contributed by atoms with Gasteiger partial charge in [-0.2, -0.15) is 0 Å². The number of benzene rings is 1. The molecule has 1 aromatic heterocycles. The first-order chi connectivity index (χ1) is 9.65. The van der Waals surface area contributed by atoms with E-state index in [4.69, 9.17) is 5.14 Å². The summed E-state index contributed by atoms with van der Waals surface area (Å²) < 4.78 is 18.5. The van der Waals surface area contributed by atoms with Crippen LogP contribution in [-0.4, -0.2) is 4.98 Å². The molecule has 1 atom stereocenters.